The molecule has 0 bridgehead atoms. The predicted octanol–water partition coefficient (Wildman–Crippen LogP) is 2.59. The Morgan fingerprint density at radius 1 is 1.28 bits per heavy atom. The second kappa shape index (κ2) is 7.57. The average molecular weight is 340 g/mol. The van der Waals surface area contributed by atoms with E-state index in [1.54, 1.807) is 30.3 Å². The normalized spacial score (nSPS) is 10.5. The van der Waals surface area contributed by atoms with Gasteiger partial charge < -0.3 is 10.1 Å². The third-order valence-electron chi connectivity index (χ3n) is 3.73. The maximum atomic E-state index is 13.7. The Morgan fingerprint density at radius 2 is 2.16 bits per heavy atom. The van der Waals surface area contributed by atoms with Gasteiger partial charge in [0.2, 0.25) is 0 Å². The van der Waals surface area contributed by atoms with Crippen LogP contribution in [0.2, 0.25) is 0 Å². The van der Waals surface area contributed by atoms with Crippen molar-refractivity contribution in [2.45, 2.75) is 6.42 Å². The van der Waals surface area contributed by atoms with Crippen molar-refractivity contribution in [1.29, 1.82) is 0 Å². The summed E-state index contributed by atoms with van der Waals surface area (Å²) in [6.07, 6.45) is 1.94. The Labute approximate surface area is 144 Å². The zero-order valence-corrected chi connectivity index (χ0v) is 13.6. The van der Waals surface area contributed by atoms with Gasteiger partial charge in [0.1, 0.15) is 6.33 Å². The highest BCUT2D eigenvalue weighted by molar-refractivity contribution is 5.95. The van der Waals surface area contributed by atoms with Crippen LogP contribution in [-0.2, 0) is 6.42 Å². The molecule has 25 heavy (non-hydrogen) atoms. The number of amides is 1. The Bertz CT molecular complexity index is 865. The van der Waals surface area contributed by atoms with Crippen LogP contribution in [0.15, 0.2) is 48.8 Å². The van der Waals surface area contributed by atoms with Gasteiger partial charge in [0.15, 0.2) is 17.4 Å². The van der Waals surface area contributed by atoms with Crippen LogP contribution in [0.25, 0.3) is 11.4 Å². The minimum atomic E-state index is -0.411. The fourth-order valence-electron chi connectivity index (χ4n) is 2.44. The van der Waals surface area contributed by atoms with Crippen LogP contribution in [0.1, 0.15) is 15.9 Å². The van der Waals surface area contributed by atoms with Gasteiger partial charge in [-0.2, -0.15) is 5.10 Å². The second-order valence-electron chi connectivity index (χ2n) is 5.39. The van der Waals surface area contributed by atoms with E-state index in [1.165, 1.54) is 19.5 Å². The van der Waals surface area contributed by atoms with Crippen LogP contribution in [0.4, 0.5) is 4.39 Å². The molecule has 0 saturated heterocycles. The van der Waals surface area contributed by atoms with E-state index in [2.05, 4.69) is 20.5 Å². The summed E-state index contributed by atoms with van der Waals surface area (Å²) in [6, 6.07) is 11.9. The number of benzene rings is 2. The van der Waals surface area contributed by atoms with E-state index < -0.39 is 5.82 Å². The van der Waals surface area contributed by atoms with Gasteiger partial charge in [-0.05, 0) is 36.2 Å². The third kappa shape index (κ3) is 4.00. The number of nitrogens with zero attached hydrogens (tertiary/aromatic N) is 2. The molecule has 0 aliphatic carbocycles. The molecule has 128 valence electrons. The van der Waals surface area contributed by atoms with Gasteiger partial charge in [-0.15, -0.1) is 0 Å². The van der Waals surface area contributed by atoms with Gasteiger partial charge in [0, 0.05) is 17.7 Å². The average Bonchev–Trinajstić information content (AvgIpc) is 3.17. The molecule has 2 N–H and O–H groups in total. The van der Waals surface area contributed by atoms with Crippen molar-refractivity contribution < 1.29 is 13.9 Å². The SMILES string of the molecule is COc1ccc(CCNC(=O)c2cccc(-c3ncn[nH]3)c2)cc1F. The molecule has 3 aromatic rings. The van der Waals surface area contributed by atoms with E-state index in [0.717, 1.165) is 11.1 Å². The number of H-pyrrole nitrogens is 1. The summed E-state index contributed by atoms with van der Waals surface area (Å²) < 4.78 is 18.5. The van der Waals surface area contributed by atoms with Crippen LogP contribution in [0, 0.1) is 5.82 Å². The molecule has 3 rings (SSSR count). The predicted molar refractivity (Wildman–Crippen MR) is 90.8 cm³/mol. The molecule has 6 nitrogen and oxygen atoms in total. The highest BCUT2D eigenvalue weighted by atomic mass is 19.1. The largest absolute Gasteiger partial charge is 0.494 e. The Kier molecular flexibility index (Phi) is 5.03. The maximum Gasteiger partial charge on any atom is 0.251 e. The van der Waals surface area contributed by atoms with Crippen LogP contribution in [0.5, 0.6) is 5.75 Å². The Morgan fingerprint density at radius 3 is 2.88 bits per heavy atom. The minimum Gasteiger partial charge on any atom is -0.494 e. The highest BCUT2D eigenvalue weighted by Gasteiger charge is 2.09. The zero-order valence-electron chi connectivity index (χ0n) is 13.6. The number of ether oxygens (including phenoxy) is 1. The van der Waals surface area contributed by atoms with Gasteiger partial charge in [0.25, 0.3) is 5.91 Å². The molecule has 0 fully saturated rings. The van der Waals surface area contributed by atoms with Crippen molar-refractivity contribution in [1.82, 2.24) is 20.5 Å². The molecule has 0 aliphatic heterocycles. The standard InChI is InChI=1S/C18H17FN4O2/c1-25-16-6-5-12(9-15(16)19)7-8-20-18(24)14-4-2-3-13(10-14)17-21-11-22-23-17/h2-6,9-11H,7-8H2,1H3,(H,20,24)(H,21,22,23). The number of carbonyl (C=O) groups is 1. The number of hydrogen-bond acceptors (Lipinski definition) is 4. The maximum absolute atomic E-state index is 13.7. The van der Waals surface area contributed by atoms with Gasteiger partial charge in [0.05, 0.1) is 7.11 Å². The second-order valence-corrected chi connectivity index (χ2v) is 5.39. The molecule has 1 heterocycles. The molecule has 2 aromatic carbocycles. The molecule has 1 amide bonds. The van der Waals surface area contributed by atoms with Crippen LogP contribution in [0.3, 0.4) is 0 Å². The lowest BCUT2D eigenvalue weighted by Gasteiger charge is -2.08. The number of aromatic amines is 1. The molecule has 0 spiro atoms. The Balaban J connectivity index is 1.59. The summed E-state index contributed by atoms with van der Waals surface area (Å²) in [6.45, 7) is 0.400. The first-order valence-electron chi connectivity index (χ1n) is 7.74. The van der Waals surface area contributed by atoms with E-state index in [4.69, 9.17) is 4.74 Å². The molecule has 0 unspecified atom stereocenters. The van der Waals surface area contributed by atoms with E-state index in [9.17, 15) is 9.18 Å². The van der Waals surface area contributed by atoms with Crippen molar-refractivity contribution in [3.05, 3.63) is 65.7 Å². The first-order chi connectivity index (χ1) is 12.2. The molecule has 0 aliphatic rings. The van der Waals surface area contributed by atoms with Crippen molar-refractivity contribution in [2.24, 2.45) is 0 Å². The quantitative estimate of drug-likeness (QED) is 0.723. The lowest BCUT2D eigenvalue weighted by Crippen LogP contribution is -2.25. The molecular weight excluding hydrogens is 323 g/mol. The Hall–Kier alpha value is -3.22. The number of hydrogen-bond donors (Lipinski definition) is 2. The van der Waals surface area contributed by atoms with Crippen LogP contribution < -0.4 is 10.1 Å². The summed E-state index contributed by atoms with van der Waals surface area (Å²) in [7, 11) is 1.42. The molecular formula is C18H17FN4O2. The fraction of sp³-hybridized carbons (Fsp3) is 0.167. The summed E-state index contributed by atoms with van der Waals surface area (Å²) in [5, 5.41) is 9.39. The molecule has 0 atom stereocenters. The third-order valence-corrected chi connectivity index (χ3v) is 3.73. The molecule has 7 heteroatoms. The lowest BCUT2D eigenvalue weighted by atomic mass is 10.1. The highest BCUT2D eigenvalue weighted by Crippen LogP contribution is 2.18. The van der Waals surface area contributed by atoms with Crippen LogP contribution in [-0.4, -0.2) is 34.7 Å². The number of nitrogens with one attached hydrogen (secondary N) is 2. The van der Waals surface area contributed by atoms with Crippen molar-refractivity contribution in [3.8, 4) is 17.1 Å². The molecule has 0 saturated carbocycles. The smallest absolute Gasteiger partial charge is 0.251 e. The molecule has 0 radical (unpaired) electrons. The van der Waals surface area contributed by atoms with E-state index in [1.807, 2.05) is 6.07 Å². The number of rotatable bonds is 6. The van der Waals surface area contributed by atoms with Gasteiger partial charge in [-0.25, -0.2) is 9.37 Å². The van der Waals surface area contributed by atoms with Gasteiger partial charge in [-0.3, -0.25) is 9.89 Å². The summed E-state index contributed by atoms with van der Waals surface area (Å²) in [4.78, 5) is 16.3. The first-order valence-corrected chi connectivity index (χ1v) is 7.74. The number of halogens is 1. The minimum absolute atomic E-state index is 0.199. The van der Waals surface area contributed by atoms with Crippen molar-refractivity contribution in [2.75, 3.05) is 13.7 Å². The monoisotopic (exact) mass is 340 g/mol. The van der Waals surface area contributed by atoms with Gasteiger partial charge in [-0.1, -0.05) is 18.2 Å². The number of carbonyl (C=O) groups excluding carboxylic acids is 1. The van der Waals surface area contributed by atoms with Gasteiger partial charge >= 0.3 is 0 Å². The number of methoxy groups -OCH3 is 1. The van der Waals surface area contributed by atoms with Crippen molar-refractivity contribution in [3.63, 3.8) is 0 Å². The lowest BCUT2D eigenvalue weighted by molar-refractivity contribution is 0.0954. The summed E-state index contributed by atoms with van der Waals surface area (Å²) >= 11 is 0. The fourth-order valence-corrected chi connectivity index (χ4v) is 2.44. The zero-order chi connectivity index (χ0) is 17.6. The van der Waals surface area contributed by atoms with Crippen molar-refractivity contribution >= 4 is 5.91 Å². The summed E-state index contributed by atoms with van der Waals surface area (Å²) in [5.41, 5.74) is 2.09. The topological polar surface area (TPSA) is 79.9 Å². The summed E-state index contributed by atoms with van der Waals surface area (Å²) in [5.74, 6) is 0.196. The van der Waals surface area contributed by atoms with E-state index >= 15 is 0 Å². The molecule has 1 aromatic heterocycles. The van der Waals surface area contributed by atoms with E-state index in [-0.39, 0.29) is 11.7 Å². The van der Waals surface area contributed by atoms with Crippen LogP contribution >= 0.6 is 0 Å². The number of aromatic nitrogens is 3. The van der Waals surface area contributed by atoms with E-state index in [0.29, 0.717) is 24.4 Å². The first kappa shape index (κ1) is 16.6.